The molecule has 0 aromatic rings. The molecule has 2 N–H and O–H groups in total. The number of carboxylic acids is 1. The van der Waals surface area contributed by atoms with Gasteiger partial charge in [-0.2, -0.15) is 0 Å². The van der Waals surface area contributed by atoms with Crippen molar-refractivity contribution in [3.05, 3.63) is 0 Å². The number of carbonyl (C=O) groups excluding carboxylic acids is 1. The van der Waals surface area contributed by atoms with E-state index >= 15 is 0 Å². The van der Waals surface area contributed by atoms with Gasteiger partial charge in [-0.05, 0) is 7.05 Å². The largest absolute Gasteiger partial charge is 0.480 e. The fraction of sp³-hybridized carbons (Fsp3) is 0.778. The lowest BCUT2D eigenvalue weighted by atomic mass is 10.2. The Morgan fingerprint density at radius 2 is 1.94 bits per heavy atom. The highest BCUT2D eigenvalue weighted by Crippen LogP contribution is 1.93. The van der Waals surface area contributed by atoms with Crippen LogP contribution in [-0.2, 0) is 19.4 Å². The highest BCUT2D eigenvalue weighted by atomic mass is 32.2. The van der Waals surface area contributed by atoms with Crippen molar-refractivity contribution in [2.24, 2.45) is 0 Å². The van der Waals surface area contributed by atoms with Gasteiger partial charge in [0, 0.05) is 26.3 Å². The first-order valence-electron chi connectivity index (χ1n) is 4.98. The molecule has 0 spiro atoms. The van der Waals surface area contributed by atoms with Gasteiger partial charge in [0.05, 0.1) is 5.75 Å². The van der Waals surface area contributed by atoms with Crippen LogP contribution in [0.3, 0.4) is 0 Å². The topological polar surface area (TPSA) is 104 Å². The van der Waals surface area contributed by atoms with Crippen molar-refractivity contribution in [3.8, 4) is 0 Å². The van der Waals surface area contributed by atoms with E-state index in [0.29, 0.717) is 0 Å². The fourth-order valence-corrected chi connectivity index (χ4v) is 1.80. The summed E-state index contributed by atoms with van der Waals surface area (Å²) in [6.45, 7) is 1.51. The average Bonchev–Trinajstić information content (AvgIpc) is 2.11. The number of likely N-dealkylation sites (N-methyl/N-ethyl adjacent to an activating group) is 1. The quantitative estimate of drug-likeness (QED) is 0.584. The molecule has 1 atom stereocenters. The molecule has 0 saturated heterocycles. The van der Waals surface area contributed by atoms with Crippen LogP contribution in [0.4, 0.5) is 0 Å². The van der Waals surface area contributed by atoms with Crippen LogP contribution in [0.5, 0.6) is 0 Å². The summed E-state index contributed by atoms with van der Waals surface area (Å²) in [6.07, 6.45) is 1.11. The molecule has 0 saturated carbocycles. The SMILES string of the molecule is CC(=O)NC(CN(C)CCS(C)(=O)=O)C(=O)O. The molecule has 0 aliphatic heterocycles. The van der Waals surface area contributed by atoms with Gasteiger partial charge >= 0.3 is 5.97 Å². The second kappa shape index (κ2) is 6.55. The summed E-state index contributed by atoms with van der Waals surface area (Å²) in [5, 5.41) is 11.1. The number of rotatable bonds is 7. The predicted octanol–water partition coefficient (Wildman–Crippen LogP) is -1.45. The molecule has 0 bridgehead atoms. The first kappa shape index (κ1) is 15.9. The lowest BCUT2D eigenvalue weighted by molar-refractivity contribution is -0.142. The number of amides is 1. The average molecular weight is 266 g/mol. The normalized spacial score (nSPS) is 13.4. The first-order valence-corrected chi connectivity index (χ1v) is 7.04. The standard InChI is InChI=1S/C9H18N2O5S/c1-7(12)10-8(9(13)14)6-11(2)4-5-17(3,15)16/h8H,4-6H2,1-3H3,(H,10,12)(H,13,14). The van der Waals surface area contributed by atoms with Crippen LogP contribution in [-0.4, -0.2) is 68.5 Å². The third-order valence-electron chi connectivity index (χ3n) is 2.01. The van der Waals surface area contributed by atoms with Crippen LogP contribution in [0.15, 0.2) is 0 Å². The summed E-state index contributed by atoms with van der Waals surface area (Å²) in [7, 11) is -1.47. The zero-order valence-corrected chi connectivity index (χ0v) is 11.0. The minimum atomic E-state index is -3.07. The van der Waals surface area contributed by atoms with E-state index in [9.17, 15) is 18.0 Å². The van der Waals surface area contributed by atoms with E-state index < -0.39 is 27.8 Å². The van der Waals surface area contributed by atoms with Crippen LogP contribution in [0.25, 0.3) is 0 Å². The monoisotopic (exact) mass is 266 g/mol. The Bertz CT molecular complexity index is 379. The minimum absolute atomic E-state index is 0.0457. The van der Waals surface area contributed by atoms with Crippen LogP contribution in [0, 0.1) is 0 Å². The van der Waals surface area contributed by atoms with Crippen molar-refractivity contribution >= 4 is 21.7 Å². The van der Waals surface area contributed by atoms with E-state index in [1.54, 1.807) is 11.9 Å². The van der Waals surface area contributed by atoms with Gasteiger partial charge in [0.15, 0.2) is 0 Å². The molecule has 0 rings (SSSR count). The molecular weight excluding hydrogens is 248 g/mol. The number of carboxylic acid groups (broad SMARTS) is 1. The Hall–Kier alpha value is -1.15. The summed E-state index contributed by atoms with van der Waals surface area (Å²) in [4.78, 5) is 23.1. The molecule has 0 heterocycles. The zero-order chi connectivity index (χ0) is 13.6. The van der Waals surface area contributed by atoms with Crippen LogP contribution >= 0.6 is 0 Å². The molecule has 0 aromatic heterocycles. The molecule has 1 unspecified atom stereocenters. The Kier molecular flexibility index (Phi) is 6.11. The van der Waals surface area contributed by atoms with Crippen molar-refractivity contribution in [1.82, 2.24) is 10.2 Å². The number of aliphatic carboxylic acids is 1. The highest BCUT2D eigenvalue weighted by molar-refractivity contribution is 7.90. The van der Waals surface area contributed by atoms with Crippen LogP contribution < -0.4 is 5.32 Å². The molecule has 0 fully saturated rings. The Labute approximate surface area is 101 Å². The second-order valence-electron chi connectivity index (χ2n) is 3.98. The smallest absolute Gasteiger partial charge is 0.327 e. The summed E-state index contributed by atoms with van der Waals surface area (Å²) in [6, 6.07) is -1.03. The molecule has 0 aliphatic rings. The number of nitrogens with zero attached hydrogens (tertiary/aromatic N) is 1. The summed E-state index contributed by atoms with van der Waals surface area (Å²) in [5.41, 5.74) is 0. The molecule has 1 amide bonds. The number of hydrogen-bond donors (Lipinski definition) is 2. The zero-order valence-electron chi connectivity index (χ0n) is 10.1. The number of hydrogen-bond acceptors (Lipinski definition) is 5. The van der Waals surface area contributed by atoms with Gasteiger partial charge < -0.3 is 15.3 Å². The van der Waals surface area contributed by atoms with Gasteiger partial charge in [-0.15, -0.1) is 0 Å². The van der Waals surface area contributed by atoms with Crippen molar-refractivity contribution in [3.63, 3.8) is 0 Å². The van der Waals surface area contributed by atoms with Crippen molar-refractivity contribution < 1.29 is 23.1 Å². The predicted molar refractivity (Wildman–Crippen MR) is 62.4 cm³/mol. The maximum absolute atomic E-state index is 10.9. The maximum Gasteiger partial charge on any atom is 0.327 e. The molecule has 7 nitrogen and oxygen atoms in total. The summed E-state index contributed by atoms with van der Waals surface area (Å²) < 4.78 is 21.8. The molecule has 0 radical (unpaired) electrons. The lowest BCUT2D eigenvalue weighted by Crippen LogP contribution is -2.47. The number of nitrogens with one attached hydrogen (secondary N) is 1. The van der Waals surface area contributed by atoms with Gasteiger partial charge in [0.1, 0.15) is 15.9 Å². The maximum atomic E-state index is 10.9. The molecule has 8 heteroatoms. The van der Waals surface area contributed by atoms with E-state index in [1.165, 1.54) is 6.92 Å². The summed E-state index contributed by atoms with van der Waals surface area (Å²) >= 11 is 0. The third-order valence-corrected chi connectivity index (χ3v) is 2.94. The Morgan fingerprint density at radius 3 is 2.29 bits per heavy atom. The van der Waals surface area contributed by atoms with E-state index in [1.807, 2.05) is 0 Å². The highest BCUT2D eigenvalue weighted by Gasteiger charge is 2.20. The van der Waals surface area contributed by atoms with Gasteiger partial charge in [-0.25, -0.2) is 13.2 Å². The van der Waals surface area contributed by atoms with E-state index in [2.05, 4.69) is 5.32 Å². The number of carbonyl (C=O) groups is 2. The van der Waals surface area contributed by atoms with Crippen molar-refractivity contribution in [1.29, 1.82) is 0 Å². The molecular formula is C9H18N2O5S. The van der Waals surface area contributed by atoms with Crippen LogP contribution in [0.1, 0.15) is 6.92 Å². The summed E-state index contributed by atoms with van der Waals surface area (Å²) in [5.74, 6) is -1.63. The lowest BCUT2D eigenvalue weighted by Gasteiger charge is -2.21. The van der Waals surface area contributed by atoms with Crippen molar-refractivity contribution in [2.75, 3.05) is 32.1 Å². The van der Waals surface area contributed by atoms with Crippen molar-refractivity contribution in [2.45, 2.75) is 13.0 Å². The number of sulfone groups is 1. The minimum Gasteiger partial charge on any atom is -0.480 e. The van der Waals surface area contributed by atoms with E-state index in [0.717, 1.165) is 6.26 Å². The van der Waals surface area contributed by atoms with Gasteiger partial charge in [0.25, 0.3) is 0 Å². The Balaban J connectivity index is 4.26. The molecule has 100 valence electrons. The van der Waals surface area contributed by atoms with E-state index in [-0.39, 0.29) is 18.8 Å². The second-order valence-corrected chi connectivity index (χ2v) is 6.24. The molecule has 0 aliphatic carbocycles. The van der Waals surface area contributed by atoms with E-state index in [4.69, 9.17) is 5.11 Å². The van der Waals surface area contributed by atoms with Gasteiger partial charge in [0.2, 0.25) is 5.91 Å². The Morgan fingerprint density at radius 1 is 1.41 bits per heavy atom. The van der Waals surface area contributed by atoms with Gasteiger partial charge in [-0.1, -0.05) is 0 Å². The molecule has 0 aromatic carbocycles. The fourth-order valence-electron chi connectivity index (χ4n) is 1.16. The van der Waals surface area contributed by atoms with Crippen LogP contribution in [0.2, 0.25) is 0 Å². The van der Waals surface area contributed by atoms with Gasteiger partial charge in [-0.3, -0.25) is 4.79 Å². The molecule has 17 heavy (non-hydrogen) atoms. The first-order chi connectivity index (χ1) is 7.61. The third kappa shape index (κ3) is 8.64.